The van der Waals surface area contributed by atoms with Crippen LogP contribution in [0.4, 0.5) is 4.79 Å². The Morgan fingerprint density at radius 3 is 2.43 bits per heavy atom. The number of imide groups is 1. The standard InChI is InChI=1S/C14H22N2O5/c1-11(6-7-12(2)19)13(16-14(20)15-10-18)21-9-5-3-4-8-17/h6-7,10,17H,3-5,8-9H2,1-2H3,(H2,15,16,18,20)/b7-6+,13-11-. The minimum Gasteiger partial charge on any atom is -0.479 e. The quantitative estimate of drug-likeness (QED) is 0.183. The summed E-state index contributed by atoms with van der Waals surface area (Å²) in [7, 11) is 0. The highest BCUT2D eigenvalue weighted by molar-refractivity contribution is 5.88. The second-order valence-corrected chi connectivity index (χ2v) is 4.31. The zero-order chi connectivity index (χ0) is 16.1. The molecule has 0 aromatic rings. The Balaban J connectivity index is 4.66. The zero-order valence-electron chi connectivity index (χ0n) is 12.3. The summed E-state index contributed by atoms with van der Waals surface area (Å²) in [5.41, 5.74) is 0.549. The molecule has 0 aromatic carbocycles. The monoisotopic (exact) mass is 298 g/mol. The predicted octanol–water partition coefficient (Wildman–Crippen LogP) is 0.998. The van der Waals surface area contributed by atoms with Gasteiger partial charge in [0, 0.05) is 12.2 Å². The van der Waals surface area contributed by atoms with Crippen molar-refractivity contribution in [2.24, 2.45) is 0 Å². The van der Waals surface area contributed by atoms with E-state index in [0.717, 1.165) is 6.42 Å². The van der Waals surface area contributed by atoms with Crippen molar-refractivity contribution < 1.29 is 24.2 Å². The van der Waals surface area contributed by atoms with Crippen molar-refractivity contribution in [1.82, 2.24) is 10.6 Å². The summed E-state index contributed by atoms with van der Waals surface area (Å²) in [6, 6.07) is -0.717. The molecule has 0 aromatic heterocycles. The molecule has 0 spiro atoms. The molecular formula is C14H22N2O5. The van der Waals surface area contributed by atoms with E-state index in [1.54, 1.807) is 6.92 Å². The minimum atomic E-state index is -0.717. The van der Waals surface area contributed by atoms with Crippen LogP contribution in [-0.2, 0) is 14.3 Å². The molecule has 0 fully saturated rings. The number of carbonyl (C=O) groups excluding carboxylic acids is 3. The largest absolute Gasteiger partial charge is 0.479 e. The fourth-order valence-electron chi connectivity index (χ4n) is 1.32. The normalized spacial score (nSPS) is 11.8. The Bertz CT molecular complexity index is 416. The van der Waals surface area contributed by atoms with E-state index in [4.69, 9.17) is 9.84 Å². The lowest BCUT2D eigenvalue weighted by atomic mass is 10.2. The highest BCUT2D eigenvalue weighted by Crippen LogP contribution is 2.07. The summed E-state index contributed by atoms with van der Waals surface area (Å²) in [6.45, 7) is 3.56. The molecule has 3 N–H and O–H groups in total. The number of amides is 3. The Labute approximate surface area is 124 Å². The summed E-state index contributed by atoms with van der Waals surface area (Å²) < 4.78 is 5.45. The number of allylic oxidation sites excluding steroid dienone is 3. The van der Waals surface area contributed by atoms with Gasteiger partial charge in [0.2, 0.25) is 6.41 Å². The number of hydrogen-bond donors (Lipinski definition) is 3. The highest BCUT2D eigenvalue weighted by atomic mass is 16.5. The molecule has 0 radical (unpaired) electrons. The molecule has 0 heterocycles. The van der Waals surface area contributed by atoms with E-state index < -0.39 is 6.03 Å². The van der Waals surface area contributed by atoms with Crippen LogP contribution in [0.1, 0.15) is 33.1 Å². The van der Waals surface area contributed by atoms with E-state index in [-0.39, 0.29) is 24.7 Å². The molecule has 7 nitrogen and oxygen atoms in total. The SMILES string of the molecule is CC(=O)/C=C/C(C)=C(/NC(=O)NC=O)OCCCCCO. The lowest BCUT2D eigenvalue weighted by Gasteiger charge is -2.13. The van der Waals surface area contributed by atoms with Gasteiger partial charge in [-0.05, 0) is 39.2 Å². The first-order chi connectivity index (χ1) is 10.0. The maximum Gasteiger partial charge on any atom is 0.327 e. The van der Waals surface area contributed by atoms with E-state index in [1.165, 1.54) is 19.1 Å². The molecule has 3 amide bonds. The van der Waals surface area contributed by atoms with Gasteiger partial charge in [-0.1, -0.05) is 6.08 Å². The summed E-state index contributed by atoms with van der Waals surface area (Å²) >= 11 is 0. The van der Waals surface area contributed by atoms with E-state index >= 15 is 0 Å². The number of nitrogens with one attached hydrogen (secondary N) is 2. The van der Waals surface area contributed by atoms with Crippen LogP contribution in [0.25, 0.3) is 0 Å². The molecule has 0 unspecified atom stereocenters. The van der Waals surface area contributed by atoms with E-state index in [1.807, 2.05) is 5.32 Å². The highest BCUT2D eigenvalue weighted by Gasteiger charge is 2.07. The lowest BCUT2D eigenvalue weighted by Crippen LogP contribution is -2.35. The first kappa shape index (κ1) is 18.9. The van der Waals surface area contributed by atoms with Crippen LogP contribution in [-0.4, -0.2) is 36.5 Å². The molecule has 0 aliphatic rings. The summed E-state index contributed by atoms with van der Waals surface area (Å²) in [5.74, 6) is 0.0461. The molecule has 0 aliphatic carbocycles. The second kappa shape index (κ2) is 11.7. The van der Waals surface area contributed by atoms with Crippen LogP contribution in [0.5, 0.6) is 0 Å². The zero-order valence-corrected chi connectivity index (χ0v) is 12.3. The van der Waals surface area contributed by atoms with Gasteiger partial charge in [-0.25, -0.2) is 4.79 Å². The van der Waals surface area contributed by atoms with Crippen LogP contribution < -0.4 is 10.6 Å². The van der Waals surface area contributed by atoms with Crippen LogP contribution in [0.15, 0.2) is 23.6 Å². The van der Waals surface area contributed by atoms with Crippen LogP contribution in [0, 0.1) is 0 Å². The van der Waals surface area contributed by atoms with Gasteiger partial charge in [0.05, 0.1) is 6.61 Å². The number of aliphatic hydroxyl groups excluding tert-OH is 1. The number of unbranched alkanes of at least 4 members (excludes halogenated alkanes) is 2. The average Bonchev–Trinajstić information content (AvgIpc) is 2.43. The molecule has 0 saturated carbocycles. The number of hydrogen-bond acceptors (Lipinski definition) is 5. The molecule has 0 atom stereocenters. The molecule has 118 valence electrons. The van der Waals surface area contributed by atoms with E-state index in [0.29, 0.717) is 25.0 Å². The average molecular weight is 298 g/mol. The fraction of sp³-hybridized carbons (Fsp3) is 0.500. The number of carbonyl (C=O) groups is 3. The van der Waals surface area contributed by atoms with Crippen molar-refractivity contribution in [1.29, 1.82) is 0 Å². The van der Waals surface area contributed by atoms with Crippen molar-refractivity contribution >= 4 is 18.2 Å². The summed E-state index contributed by atoms with van der Waals surface area (Å²) in [4.78, 5) is 32.5. The number of urea groups is 1. The van der Waals surface area contributed by atoms with Gasteiger partial charge in [0.15, 0.2) is 11.7 Å². The van der Waals surface area contributed by atoms with E-state index in [2.05, 4.69) is 5.32 Å². The Morgan fingerprint density at radius 2 is 1.86 bits per heavy atom. The lowest BCUT2D eigenvalue weighted by molar-refractivity contribution is -0.112. The number of aliphatic hydroxyl groups is 1. The van der Waals surface area contributed by atoms with E-state index in [9.17, 15) is 14.4 Å². The van der Waals surface area contributed by atoms with Gasteiger partial charge in [-0.15, -0.1) is 0 Å². The summed E-state index contributed by atoms with van der Waals surface area (Å²) in [6.07, 6.45) is 5.33. The summed E-state index contributed by atoms with van der Waals surface area (Å²) in [5, 5.41) is 13.0. The maximum absolute atomic E-state index is 11.3. The van der Waals surface area contributed by atoms with Gasteiger partial charge in [0.25, 0.3) is 0 Å². The molecular weight excluding hydrogens is 276 g/mol. The van der Waals surface area contributed by atoms with Crippen molar-refractivity contribution in [3.8, 4) is 0 Å². The van der Waals surface area contributed by atoms with Crippen molar-refractivity contribution in [2.45, 2.75) is 33.1 Å². The minimum absolute atomic E-state index is 0.128. The van der Waals surface area contributed by atoms with Crippen molar-refractivity contribution in [3.05, 3.63) is 23.6 Å². The second-order valence-electron chi connectivity index (χ2n) is 4.31. The maximum atomic E-state index is 11.3. The number of ether oxygens (including phenoxy) is 1. The third-order valence-corrected chi connectivity index (χ3v) is 2.39. The van der Waals surface area contributed by atoms with Gasteiger partial charge >= 0.3 is 6.03 Å². The number of ketones is 1. The van der Waals surface area contributed by atoms with Crippen molar-refractivity contribution in [2.75, 3.05) is 13.2 Å². The third kappa shape index (κ3) is 10.3. The fourth-order valence-corrected chi connectivity index (χ4v) is 1.32. The van der Waals surface area contributed by atoms with Crippen LogP contribution in [0.3, 0.4) is 0 Å². The first-order valence-electron chi connectivity index (χ1n) is 6.65. The van der Waals surface area contributed by atoms with Crippen LogP contribution >= 0.6 is 0 Å². The Kier molecular flexibility index (Phi) is 10.5. The van der Waals surface area contributed by atoms with Crippen molar-refractivity contribution in [3.63, 3.8) is 0 Å². The van der Waals surface area contributed by atoms with Gasteiger partial charge in [0.1, 0.15) is 0 Å². The van der Waals surface area contributed by atoms with Crippen LogP contribution in [0.2, 0.25) is 0 Å². The molecule has 0 aliphatic heterocycles. The molecule has 21 heavy (non-hydrogen) atoms. The molecule has 0 rings (SSSR count). The molecule has 0 bridgehead atoms. The third-order valence-electron chi connectivity index (χ3n) is 2.39. The number of rotatable bonds is 10. The molecule has 0 saturated heterocycles. The predicted molar refractivity (Wildman–Crippen MR) is 77.1 cm³/mol. The Hall–Kier alpha value is -2.15. The first-order valence-corrected chi connectivity index (χ1v) is 6.65. The Morgan fingerprint density at radius 1 is 1.14 bits per heavy atom. The topological polar surface area (TPSA) is 105 Å². The molecule has 7 heteroatoms. The van der Waals surface area contributed by atoms with Gasteiger partial charge < -0.3 is 9.84 Å². The smallest absolute Gasteiger partial charge is 0.327 e. The van der Waals surface area contributed by atoms with Gasteiger partial charge in [-0.3, -0.25) is 20.2 Å². The van der Waals surface area contributed by atoms with Gasteiger partial charge in [-0.2, -0.15) is 0 Å².